The Kier molecular flexibility index (Phi) is 3.67. The fourth-order valence-electron chi connectivity index (χ4n) is 3.54. The highest BCUT2D eigenvalue weighted by atomic mass is 16.5. The van der Waals surface area contributed by atoms with Gasteiger partial charge in [-0.3, -0.25) is 0 Å². The van der Waals surface area contributed by atoms with Crippen LogP contribution in [0.25, 0.3) is 0 Å². The third-order valence-electron chi connectivity index (χ3n) is 4.51. The molecule has 4 unspecified atom stereocenters. The highest BCUT2D eigenvalue weighted by Gasteiger charge is 2.36. The monoisotopic (exact) mass is 245 g/mol. The van der Waals surface area contributed by atoms with Crippen LogP contribution < -0.4 is 5.32 Å². The summed E-state index contributed by atoms with van der Waals surface area (Å²) >= 11 is 0. The predicted molar refractivity (Wildman–Crippen MR) is 73.7 cm³/mol. The van der Waals surface area contributed by atoms with Crippen LogP contribution in [-0.2, 0) is 4.74 Å². The Morgan fingerprint density at radius 2 is 1.94 bits per heavy atom. The number of ether oxygens (including phenoxy) is 1. The van der Waals surface area contributed by atoms with Gasteiger partial charge in [0.15, 0.2) is 0 Å². The van der Waals surface area contributed by atoms with Crippen molar-refractivity contribution in [3.8, 4) is 0 Å². The van der Waals surface area contributed by atoms with Crippen molar-refractivity contribution in [2.45, 2.75) is 44.3 Å². The first-order valence-corrected chi connectivity index (χ1v) is 7.25. The second-order valence-electron chi connectivity index (χ2n) is 5.74. The molecular weight excluding hydrogens is 222 g/mol. The van der Waals surface area contributed by atoms with Crippen LogP contribution in [0.2, 0.25) is 0 Å². The lowest BCUT2D eigenvalue weighted by atomic mass is 9.77. The number of nitrogens with one attached hydrogen (secondary N) is 1. The molecule has 2 nitrogen and oxygen atoms in total. The topological polar surface area (TPSA) is 21.3 Å². The molecule has 3 rings (SSSR count). The van der Waals surface area contributed by atoms with Gasteiger partial charge in [-0.1, -0.05) is 30.3 Å². The van der Waals surface area contributed by atoms with Crippen molar-refractivity contribution in [3.05, 3.63) is 35.9 Å². The van der Waals surface area contributed by atoms with E-state index in [0.29, 0.717) is 24.0 Å². The summed E-state index contributed by atoms with van der Waals surface area (Å²) in [6, 6.07) is 10.9. The third-order valence-corrected chi connectivity index (χ3v) is 4.51. The molecule has 0 amide bonds. The molecule has 0 radical (unpaired) electrons. The quantitative estimate of drug-likeness (QED) is 0.865. The number of piperidine rings is 1. The summed E-state index contributed by atoms with van der Waals surface area (Å²) in [5.41, 5.74) is 1.47. The Bertz CT molecular complexity index is 378. The zero-order valence-corrected chi connectivity index (χ0v) is 11.1. The van der Waals surface area contributed by atoms with Gasteiger partial charge in [-0.25, -0.2) is 0 Å². The summed E-state index contributed by atoms with van der Waals surface area (Å²) in [7, 11) is 0. The summed E-state index contributed by atoms with van der Waals surface area (Å²) in [5.74, 6) is 1.31. The van der Waals surface area contributed by atoms with Crippen molar-refractivity contribution in [1.82, 2.24) is 5.32 Å². The average Bonchev–Trinajstić information content (AvgIpc) is 2.86. The minimum atomic E-state index is 0.460. The highest BCUT2D eigenvalue weighted by molar-refractivity contribution is 5.22. The molecule has 2 saturated heterocycles. The minimum absolute atomic E-state index is 0.460. The maximum Gasteiger partial charge on any atom is 0.0614 e. The van der Waals surface area contributed by atoms with Crippen molar-refractivity contribution in [2.75, 3.05) is 13.1 Å². The number of hydrogen-bond donors (Lipinski definition) is 1. The van der Waals surface area contributed by atoms with Crippen LogP contribution >= 0.6 is 0 Å². The molecule has 98 valence electrons. The molecule has 1 aromatic carbocycles. The molecule has 2 heterocycles. The summed E-state index contributed by atoms with van der Waals surface area (Å²) < 4.78 is 6.12. The van der Waals surface area contributed by atoms with Gasteiger partial charge in [0.1, 0.15) is 0 Å². The predicted octanol–water partition coefficient (Wildman–Crippen LogP) is 2.95. The van der Waals surface area contributed by atoms with E-state index in [1.165, 1.54) is 24.8 Å². The number of benzene rings is 1. The Hall–Kier alpha value is -0.860. The third kappa shape index (κ3) is 2.45. The zero-order valence-electron chi connectivity index (χ0n) is 11.1. The first-order chi connectivity index (χ1) is 8.84. The van der Waals surface area contributed by atoms with Gasteiger partial charge >= 0.3 is 0 Å². The van der Waals surface area contributed by atoms with Gasteiger partial charge < -0.3 is 10.1 Å². The highest BCUT2D eigenvalue weighted by Crippen LogP contribution is 2.37. The Morgan fingerprint density at radius 3 is 2.67 bits per heavy atom. The summed E-state index contributed by atoms with van der Waals surface area (Å²) in [5, 5.41) is 3.54. The second kappa shape index (κ2) is 5.41. The molecule has 0 bridgehead atoms. The van der Waals surface area contributed by atoms with Crippen molar-refractivity contribution in [2.24, 2.45) is 5.92 Å². The van der Waals surface area contributed by atoms with Gasteiger partial charge in [-0.15, -0.1) is 0 Å². The average molecular weight is 245 g/mol. The molecule has 0 saturated carbocycles. The lowest BCUT2D eigenvalue weighted by Crippen LogP contribution is -2.40. The van der Waals surface area contributed by atoms with Crippen molar-refractivity contribution >= 4 is 0 Å². The largest absolute Gasteiger partial charge is 0.375 e. The van der Waals surface area contributed by atoms with E-state index in [2.05, 4.69) is 42.6 Å². The molecular formula is C16H23NO. The molecule has 1 aromatic rings. The van der Waals surface area contributed by atoms with Crippen LogP contribution in [0.15, 0.2) is 30.3 Å². The van der Waals surface area contributed by atoms with E-state index in [9.17, 15) is 0 Å². The smallest absolute Gasteiger partial charge is 0.0614 e. The van der Waals surface area contributed by atoms with Crippen LogP contribution in [0.3, 0.4) is 0 Å². The van der Waals surface area contributed by atoms with E-state index in [1.54, 1.807) is 0 Å². The SMILES string of the molecule is CC1CCC(C2CCNCC2c2ccccc2)O1. The molecule has 2 aliphatic rings. The standard InChI is InChI=1S/C16H23NO/c1-12-7-8-16(18-12)14-9-10-17-11-15(14)13-5-3-2-4-6-13/h2-6,12,14-17H,7-11H2,1H3. The van der Waals surface area contributed by atoms with E-state index in [-0.39, 0.29) is 0 Å². The van der Waals surface area contributed by atoms with Gasteiger partial charge in [0.2, 0.25) is 0 Å². The maximum absolute atomic E-state index is 6.12. The molecule has 2 aliphatic heterocycles. The fraction of sp³-hybridized carbons (Fsp3) is 0.625. The van der Waals surface area contributed by atoms with Crippen LogP contribution in [0, 0.1) is 5.92 Å². The summed E-state index contributed by atoms with van der Waals surface area (Å²) in [6.07, 6.45) is 4.66. The molecule has 18 heavy (non-hydrogen) atoms. The van der Waals surface area contributed by atoms with Gasteiger partial charge in [-0.2, -0.15) is 0 Å². The number of rotatable bonds is 2. The molecule has 1 N–H and O–H groups in total. The number of hydrogen-bond acceptors (Lipinski definition) is 2. The van der Waals surface area contributed by atoms with Crippen LogP contribution in [0.1, 0.15) is 37.7 Å². The Labute approximate surface area is 110 Å². The van der Waals surface area contributed by atoms with E-state index in [0.717, 1.165) is 13.1 Å². The van der Waals surface area contributed by atoms with Gasteiger partial charge in [0.05, 0.1) is 12.2 Å². The molecule has 0 spiro atoms. The van der Waals surface area contributed by atoms with E-state index >= 15 is 0 Å². The lowest BCUT2D eigenvalue weighted by molar-refractivity contribution is 0.00348. The molecule has 2 fully saturated rings. The molecule has 2 heteroatoms. The van der Waals surface area contributed by atoms with Crippen LogP contribution in [0.5, 0.6) is 0 Å². The first kappa shape index (κ1) is 12.2. The van der Waals surface area contributed by atoms with Crippen molar-refractivity contribution < 1.29 is 4.74 Å². The fourth-order valence-corrected chi connectivity index (χ4v) is 3.54. The lowest BCUT2D eigenvalue weighted by Gasteiger charge is -2.36. The minimum Gasteiger partial charge on any atom is -0.375 e. The van der Waals surface area contributed by atoms with Gasteiger partial charge in [0, 0.05) is 12.5 Å². The summed E-state index contributed by atoms with van der Waals surface area (Å²) in [4.78, 5) is 0. The second-order valence-corrected chi connectivity index (χ2v) is 5.74. The molecule has 0 aromatic heterocycles. The van der Waals surface area contributed by atoms with E-state index < -0.39 is 0 Å². The molecule has 0 aliphatic carbocycles. The first-order valence-electron chi connectivity index (χ1n) is 7.25. The molecule has 4 atom stereocenters. The van der Waals surface area contributed by atoms with Crippen molar-refractivity contribution in [1.29, 1.82) is 0 Å². The van der Waals surface area contributed by atoms with Crippen LogP contribution in [-0.4, -0.2) is 25.3 Å². The summed E-state index contributed by atoms with van der Waals surface area (Å²) in [6.45, 7) is 4.45. The van der Waals surface area contributed by atoms with E-state index in [1.807, 2.05) is 0 Å². The van der Waals surface area contributed by atoms with Gasteiger partial charge in [-0.05, 0) is 44.2 Å². The zero-order chi connectivity index (χ0) is 12.4. The van der Waals surface area contributed by atoms with Crippen LogP contribution in [0.4, 0.5) is 0 Å². The maximum atomic E-state index is 6.12. The Balaban J connectivity index is 1.78. The van der Waals surface area contributed by atoms with E-state index in [4.69, 9.17) is 4.74 Å². The van der Waals surface area contributed by atoms with Crippen molar-refractivity contribution in [3.63, 3.8) is 0 Å². The Morgan fingerprint density at radius 1 is 1.11 bits per heavy atom. The normalized spacial score (nSPS) is 36.7. The van der Waals surface area contributed by atoms with Gasteiger partial charge in [0.25, 0.3) is 0 Å².